The highest BCUT2D eigenvalue weighted by Gasteiger charge is 2.43. The van der Waals surface area contributed by atoms with E-state index >= 15 is 0 Å². The monoisotopic (exact) mass is 340 g/mol. The fraction of sp³-hybridized carbons (Fsp3) is 0.333. The van der Waals surface area contributed by atoms with Crippen LogP contribution in [0.25, 0.3) is 0 Å². The molecule has 0 N–H and O–H groups in total. The van der Waals surface area contributed by atoms with Gasteiger partial charge >= 0.3 is 0 Å². The fourth-order valence-corrected chi connectivity index (χ4v) is 2.88. The molecule has 0 radical (unpaired) electrons. The fourth-order valence-electron chi connectivity index (χ4n) is 2.88. The molecule has 0 aliphatic carbocycles. The van der Waals surface area contributed by atoms with Gasteiger partial charge in [0.1, 0.15) is 17.5 Å². The molecule has 1 saturated heterocycles. The Bertz CT molecular complexity index is 683. The standard InChI is InChI=1S/C21H24O4/c1-4-19(23-14-16-8-6-5-7-9-16)21(2)15-24-20(25-21)17-10-12-18(22-3)13-11-17/h4-13,19-20H,1,14-15H2,2-3H3/t19-,20?,21+/m1/s1. The Hall–Kier alpha value is -2.14. The van der Waals surface area contributed by atoms with Crippen LogP contribution in [0.4, 0.5) is 0 Å². The van der Waals surface area contributed by atoms with Gasteiger partial charge in [-0.25, -0.2) is 0 Å². The Morgan fingerprint density at radius 3 is 2.56 bits per heavy atom. The summed E-state index contributed by atoms with van der Waals surface area (Å²) >= 11 is 0. The zero-order valence-corrected chi connectivity index (χ0v) is 14.7. The SMILES string of the molecule is C=C[C@@H](OCc1ccccc1)[C@]1(C)COC(c2ccc(OC)cc2)O1. The Labute approximate surface area is 149 Å². The maximum Gasteiger partial charge on any atom is 0.184 e. The Morgan fingerprint density at radius 2 is 1.92 bits per heavy atom. The van der Waals surface area contributed by atoms with Crippen LogP contribution in [0.15, 0.2) is 67.3 Å². The van der Waals surface area contributed by atoms with Crippen molar-refractivity contribution in [3.63, 3.8) is 0 Å². The predicted octanol–water partition coefficient (Wildman–Crippen LogP) is 4.27. The molecule has 1 unspecified atom stereocenters. The van der Waals surface area contributed by atoms with Crippen LogP contribution in [0.2, 0.25) is 0 Å². The van der Waals surface area contributed by atoms with Gasteiger partial charge < -0.3 is 18.9 Å². The minimum absolute atomic E-state index is 0.268. The molecule has 132 valence electrons. The highest BCUT2D eigenvalue weighted by molar-refractivity contribution is 5.28. The molecule has 4 nitrogen and oxygen atoms in total. The Morgan fingerprint density at radius 1 is 1.20 bits per heavy atom. The molecule has 1 aliphatic rings. The Kier molecular flexibility index (Phi) is 5.53. The zero-order valence-electron chi connectivity index (χ0n) is 14.7. The van der Waals surface area contributed by atoms with E-state index in [9.17, 15) is 0 Å². The molecule has 0 amide bonds. The summed E-state index contributed by atoms with van der Waals surface area (Å²) in [5.74, 6) is 0.805. The number of hydrogen-bond acceptors (Lipinski definition) is 4. The summed E-state index contributed by atoms with van der Waals surface area (Å²) in [6, 6.07) is 17.7. The summed E-state index contributed by atoms with van der Waals surface area (Å²) in [7, 11) is 1.65. The largest absolute Gasteiger partial charge is 0.497 e. The van der Waals surface area contributed by atoms with Crippen LogP contribution in [0.1, 0.15) is 24.3 Å². The molecule has 1 heterocycles. The van der Waals surface area contributed by atoms with E-state index in [1.54, 1.807) is 13.2 Å². The minimum Gasteiger partial charge on any atom is -0.497 e. The summed E-state index contributed by atoms with van der Waals surface area (Å²) in [5, 5.41) is 0. The number of benzene rings is 2. The maximum absolute atomic E-state index is 6.19. The van der Waals surface area contributed by atoms with Crippen LogP contribution in [0.3, 0.4) is 0 Å². The smallest absolute Gasteiger partial charge is 0.184 e. The second-order valence-electron chi connectivity index (χ2n) is 6.30. The molecule has 0 saturated carbocycles. The van der Waals surface area contributed by atoms with Crippen molar-refractivity contribution in [2.45, 2.75) is 31.5 Å². The van der Waals surface area contributed by atoms with Gasteiger partial charge in [0.2, 0.25) is 0 Å². The molecule has 0 aromatic heterocycles. The molecule has 3 rings (SSSR count). The van der Waals surface area contributed by atoms with Crippen molar-refractivity contribution in [3.8, 4) is 5.75 Å². The summed E-state index contributed by atoms with van der Waals surface area (Å²) in [6.45, 7) is 6.84. The van der Waals surface area contributed by atoms with E-state index in [1.165, 1.54) is 0 Å². The second kappa shape index (κ2) is 7.83. The lowest BCUT2D eigenvalue weighted by Crippen LogP contribution is -2.42. The van der Waals surface area contributed by atoms with Crippen molar-refractivity contribution in [1.82, 2.24) is 0 Å². The van der Waals surface area contributed by atoms with Gasteiger partial charge in [-0.2, -0.15) is 0 Å². The highest BCUT2D eigenvalue weighted by Crippen LogP contribution is 2.37. The van der Waals surface area contributed by atoms with Gasteiger partial charge in [-0.15, -0.1) is 6.58 Å². The van der Waals surface area contributed by atoms with Gasteiger partial charge in [-0.05, 0) is 24.6 Å². The van der Waals surface area contributed by atoms with Crippen molar-refractivity contribution >= 4 is 0 Å². The average molecular weight is 340 g/mol. The van der Waals surface area contributed by atoms with Gasteiger partial charge in [0.25, 0.3) is 0 Å². The van der Waals surface area contributed by atoms with Crippen LogP contribution in [0.5, 0.6) is 5.75 Å². The summed E-state index contributed by atoms with van der Waals surface area (Å²) in [4.78, 5) is 0. The highest BCUT2D eigenvalue weighted by atomic mass is 16.7. The molecular weight excluding hydrogens is 316 g/mol. The molecule has 2 aromatic rings. The van der Waals surface area contributed by atoms with Crippen molar-refractivity contribution in [1.29, 1.82) is 0 Å². The Balaban J connectivity index is 1.64. The molecular formula is C21H24O4. The lowest BCUT2D eigenvalue weighted by molar-refractivity contribution is -0.131. The third-order valence-corrected chi connectivity index (χ3v) is 4.37. The average Bonchev–Trinajstić information content (AvgIpc) is 3.06. The topological polar surface area (TPSA) is 36.9 Å². The molecule has 0 spiro atoms. The first kappa shape index (κ1) is 17.7. The lowest BCUT2D eigenvalue weighted by atomic mass is 10.00. The van der Waals surface area contributed by atoms with E-state index in [-0.39, 0.29) is 6.10 Å². The molecule has 0 bridgehead atoms. The van der Waals surface area contributed by atoms with Gasteiger partial charge in [-0.3, -0.25) is 0 Å². The van der Waals surface area contributed by atoms with Crippen LogP contribution in [0, 0.1) is 0 Å². The third kappa shape index (κ3) is 4.10. The molecule has 1 aliphatic heterocycles. The first-order valence-electron chi connectivity index (χ1n) is 8.36. The number of ether oxygens (including phenoxy) is 4. The van der Waals surface area contributed by atoms with Crippen molar-refractivity contribution in [2.24, 2.45) is 0 Å². The molecule has 4 heteroatoms. The van der Waals surface area contributed by atoms with Crippen molar-refractivity contribution in [3.05, 3.63) is 78.4 Å². The molecule has 2 aromatic carbocycles. The van der Waals surface area contributed by atoms with E-state index in [0.717, 1.165) is 16.9 Å². The van der Waals surface area contributed by atoms with Crippen LogP contribution in [-0.4, -0.2) is 25.4 Å². The second-order valence-corrected chi connectivity index (χ2v) is 6.30. The van der Waals surface area contributed by atoms with Gasteiger partial charge in [-0.1, -0.05) is 48.5 Å². The summed E-state index contributed by atoms with van der Waals surface area (Å²) in [6.07, 6.45) is 1.09. The maximum atomic E-state index is 6.19. The molecule has 3 atom stereocenters. The minimum atomic E-state index is -0.582. The van der Waals surface area contributed by atoms with E-state index in [0.29, 0.717) is 13.2 Å². The van der Waals surface area contributed by atoms with E-state index < -0.39 is 11.9 Å². The van der Waals surface area contributed by atoms with E-state index in [1.807, 2.05) is 61.5 Å². The number of methoxy groups -OCH3 is 1. The first-order valence-corrected chi connectivity index (χ1v) is 8.36. The third-order valence-electron chi connectivity index (χ3n) is 4.37. The normalized spacial score (nSPS) is 24.0. The van der Waals surface area contributed by atoms with E-state index in [2.05, 4.69) is 6.58 Å². The van der Waals surface area contributed by atoms with Gasteiger partial charge in [0.15, 0.2) is 6.29 Å². The number of hydrogen-bond donors (Lipinski definition) is 0. The first-order chi connectivity index (χ1) is 12.1. The van der Waals surface area contributed by atoms with Crippen molar-refractivity contribution < 1.29 is 18.9 Å². The summed E-state index contributed by atoms with van der Waals surface area (Å²) < 4.78 is 23.3. The molecule has 25 heavy (non-hydrogen) atoms. The molecule has 1 fully saturated rings. The zero-order chi connectivity index (χ0) is 17.7. The number of rotatable bonds is 7. The van der Waals surface area contributed by atoms with Crippen molar-refractivity contribution in [2.75, 3.05) is 13.7 Å². The van der Waals surface area contributed by atoms with Gasteiger partial charge in [0.05, 0.1) is 20.3 Å². The van der Waals surface area contributed by atoms with Crippen LogP contribution < -0.4 is 4.74 Å². The summed E-state index contributed by atoms with van der Waals surface area (Å²) in [5.41, 5.74) is 1.49. The van der Waals surface area contributed by atoms with Crippen LogP contribution >= 0.6 is 0 Å². The van der Waals surface area contributed by atoms with E-state index in [4.69, 9.17) is 18.9 Å². The lowest BCUT2D eigenvalue weighted by Gasteiger charge is -2.30. The predicted molar refractivity (Wildman–Crippen MR) is 96.4 cm³/mol. The van der Waals surface area contributed by atoms with Gasteiger partial charge in [0, 0.05) is 5.56 Å². The van der Waals surface area contributed by atoms with Crippen LogP contribution in [-0.2, 0) is 20.8 Å². The quantitative estimate of drug-likeness (QED) is 0.705.